The molecule has 284 valence electrons. The number of allylic oxidation sites excluding steroid dienone is 2. The smallest absolute Gasteiger partial charge is 0.0719 e. The molecule has 57 heavy (non-hydrogen) atoms. The zero-order chi connectivity index (χ0) is 39.1. The van der Waals surface area contributed by atoms with Gasteiger partial charge in [-0.05, 0) is 146 Å². The van der Waals surface area contributed by atoms with Crippen molar-refractivity contribution in [3.8, 4) is 22.3 Å². The molecule has 0 aromatic heterocycles. The molecule has 0 unspecified atom stereocenters. The molecule has 6 aromatic carbocycles. The summed E-state index contributed by atoms with van der Waals surface area (Å²) in [6, 6.07) is 50.3. The normalized spacial score (nSPS) is 15.8. The molecule has 0 spiro atoms. The number of dihydropyridines is 1. The van der Waals surface area contributed by atoms with E-state index >= 15 is 0 Å². The van der Waals surface area contributed by atoms with Gasteiger partial charge in [-0.15, -0.1) is 0 Å². The van der Waals surface area contributed by atoms with Crippen molar-refractivity contribution in [2.24, 2.45) is 0 Å². The number of fused-ring (bicyclic) bond motifs is 6. The Morgan fingerprint density at radius 1 is 0.526 bits per heavy atom. The Kier molecular flexibility index (Phi) is 9.74. The molecule has 0 saturated heterocycles. The fraction of sp³-hybridized carbons (Fsp3) is 0.222. The summed E-state index contributed by atoms with van der Waals surface area (Å²) in [5, 5.41) is 5.13. The van der Waals surface area contributed by atoms with E-state index in [0.717, 1.165) is 32.2 Å². The molecule has 2 aliphatic carbocycles. The van der Waals surface area contributed by atoms with E-state index < -0.39 is 0 Å². The van der Waals surface area contributed by atoms with Crippen molar-refractivity contribution < 1.29 is 0 Å². The van der Waals surface area contributed by atoms with Gasteiger partial charge in [0.05, 0.1) is 9.52 Å². The first-order chi connectivity index (χ1) is 28.0. The van der Waals surface area contributed by atoms with Gasteiger partial charge in [-0.3, -0.25) is 0 Å². The number of hydrogen-bond acceptors (Lipinski definition) is 2. The van der Waals surface area contributed by atoms with Gasteiger partial charge in [-0.1, -0.05) is 143 Å². The molecule has 0 atom stereocenters. The molecule has 3 aliphatic rings. The number of benzene rings is 6. The summed E-state index contributed by atoms with van der Waals surface area (Å²) in [5.74, 6) is 0. The van der Waals surface area contributed by atoms with E-state index in [1.54, 1.807) is 0 Å². The Labute approximate surface area is 342 Å². The molecule has 9 rings (SSSR count). The summed E-state index contributed by atoms with van der Waals surface area (Å²) in [6.07, 6.45) is 13.6. The highest BCUT2D eigenvalue weighted by Crippen LogP contribution is 2.55. The van der Waals surface area contributed by atoms with E-state index in [2.05, 4.69) is 202 Å². The van der Waals surface area contributed by atoms with Crippen LogP contribution in [0, 0.1) is 0 Å². The molecule has 3 heteroatoms. The lowest BCUT2D eigenvalue weighted by atomic mass is 9.73. The van der Waals surface area contributed by atoms with Gasteiger partial charge in [0.1, 0.15) is 0 Å². The van der Waals surface area contributed by atoms with E-state index in [1.807, 2.05) is 0 Å². The van der Waals surface area contributed by atoms with Gasteiger partial charge in [-0.2, -0.15) is 0 Å². The van der Waals surface area contributed by atoms with Gasteiger partial charge < -0.3 is 10.2 Å². The summed E-state index contributed by atoms with van der Waals surface area (Å²) in [6.45, 7) is 12.8. The number of para-hydroxylation sites is 2. The Morgan fingerprint density at radius 2 is 1.00 bits per heavy atom. The zero-order valence-corrected chi connectivity index (χ0v) is 35.6. The van der Waals surface area contributed by atoms with Crippen LogP contribution in [-0.2, 0) is 10.8 Å². The van der Waals surface area contributed by atoms with Crippen LogP contribution in [-0.4, -0.2) is 16.1 Å². The Morgan fingerprint density at radius 3 is 1.47 bits per heavy atom. The van der Waals surface area contributed by atoms with Crippen LogP contribution in [0.15, 0.2) is 151 Å². The Hall–Kier alpha value is -5.64. The second kappa shape index (κ2) is 15.0. The van der Waals surface area contributed by atoms with E-state index in [-0.39, 0.29) is 20.3 Å². The molecule has 1 heterocycles. The molecule has 2 nitrogen and oxygen atoms in total. The zero-order valence-electron chi connectivity index (χ0n) is 34.2. The maximum absolute atomic E-state index is 3.68. The van der Waals surface area contributed by atoms with Crippen molar-refractivity contribution in [2.45, 2.75) is 70.8 Å². The van der Waals surface area contributed by atoms with Gasteiger partial charge in [0.2, 0.25) is 0 Å². The van der Waals surface area contributed by atoms with Crippen molar-refractivity contribution in [1.82, 2.24) is 5.32 Å². The molecule has 1 aliphatic heterocycles. The highest BCUT2D eigenvalue weighted by molar-refractivity contribution is 6.43. The van der Waals surface area contributed by atoms with E-state index in [4.69, 9.17) is 0 Å². The topological polar surface area (TPSA) is 15.3 Å². The SMILES string of the molecule is CCC1(CC)c2cc(/C=C/c3ccc4c(c3)C(CC)(CC)c3cc(N(c5ccccc5)c5ccccc5)ccc3-4)ccc2-c2ccc(C3=CC=C([SiH2]C)NC3)cc21. The number of rotatable bonds is 11. The van der Waals surface area contributed by atoms with Crippen molar-refractivity contribution in [3.63, 3.8) is 0 Å². The minimum absolute atomic E-state index is 0.0150. The van der Waals surface area contributed by atoms with Gasteiger partial charge in [0.25, 0.3) is 0 Å². The third-order valence-electron chi connectivity index (χ3n) is 13.7. The predicted octanol–water partition coefficient (Wildman–Crippen LogP) is 13.5. The minimum Gasteiger partial charge on any atom is -0.388 e. The summed E-state index contributed by atoms with van der Waals surface area (Å²) >= 11 is 0. The quantitative estimate of drug-likeness (QED) is 0.105. The second-order valence-electron chi connectivity index (χ2n) is 16.1. The lowest BCUT2D eigenvalue weighted by Gasteiger charge is -2.32. The van der Waals surface area contributed by atoms with Crippen molar-refractivity contribution in [3.05, 3.63) is 190 Å². The second-order valence-corrected chi connectivity index (χ2v) is 17.6. The number of nitrogens with one attached hydrogen (secondary N) is 1. The summed E-state index contributed by atoms with van der Waals surface area (Å²) in [4.78, 5) is 2.39. The van der Waals surface area contributed by atoms with Crippen LogP contribution < -0.4 is 10.2 Å². The number of anilines is 3. The van der Waals surface area contributed by atoms with Crippen molar-refractivity contribution >= 4 is 44.3 Å². The summed E-state index contributed by atoms with van der Waals surface area (Å²) < 4.78 is 0. The third kappa shape index (κ3) is 6.06. The summed E-state index contributed by atoms with van der Waals surface area (Å²) in [5.41, 5.74) is 20.2. The Bertz CT molecular complexity index is 2510. The van der Waals surface area contributed by atoms with Gasteiger partial charge in [0.15, 0.2) is 0 Å². The molecule has 1 N–H and O–H groups in total. The third-order valence-corrected chi connectivity index (χ3v) is 14.9. The highest BCUT2D eigenvalue weighted by atomic mass is 28.2. The molecular formula is C54H54N2Si. The van der Waals surface area contributed by atoms with E-state index in [9.17, 15) is 0 Å². The van der Waals surface area contributed by atoms with Crippen LogP contribution in [0.4, 0.5) is 17.1 Å². The largest absolute Gasteiger partial charge is 0.388 e. The first kappa shape index (κ1) is 37.0. The molecule has 0 bridgehead atoms. The Balaban J connectivity index is 1.05. The van der Waals surface area contributed by atoms with E-state index in [0.29, 0.717) is 0 Å². The van der Waals surface area contributed by atoms with E-state index in [1.165, 1.54) is 89.2 Å². The van der Waals surface area contributed by atoms with Crippen LogP contribution in [0.25, 0.3) is 40.0 Å². The summed E-state index contributed by atoms with van der Waals surface area (Å²) in [7, 11) is -0.172. The maximum atomic E-state index is 3.68. The van der Waals surface area contributed by atoms with Crippen LogP contribution >= 0.6 is 0 Å². The van der Waals surface area contributed by atoms with Crippen LogP contribution in [0.1, 0.15) is 92.3 Å². The van der Waals surface area contributed by atoms with Crippen LogP contribution in [0.5, 0.6) is 0 Å². The standard InChI is InChI=1S/C54H54N2Si/c1-6-53(7-2)48-32-37(22-27-44(48)46-29-24-39(34-50(46)53)40-25-31-52(57-5)55-36-40)20-21-38-23-28-45-47-30-26-43(35-51(47)54(8-3,9-4)49(45)33-38)56(41-16-12-10-13-17-41)42-18-14-11-15-19-42/h10-35,55H,6-9,36,57H2,1-5H3/b21-20+. The lowest BCUT2D eigenvalue weighted by molar-refractivity contribution is 0.490. The first-order valence-electron chi connectivity index (χ1n) is 21.3. The minimum atomic E-state index is -0.172. The number of hydrogen-bond donors (Lipinski definition) is 1. The molecular weight excluding hydrogens is 705 g/mol. The maximum Gasteiger partial charge on any atom is 0.0719 e. The first-order valence-corrected chi connectivity index (χ1v) is 23.4. The fourth-order valence-electron chi connectivity index (χ4n) is 10.3. The average Bonchev–Trinajstić information content (AvgIpc) is 3.71. The van der Waals surface area contributed by atoms with Gasteiger partial charge in [0, 0.05) is 34.4 Å². The van der Waals surface area contributed by atoms with Crippen LogP contribution in [0.3, 0.4) is 0 Å². The lowest BCUT2D eigenvalue weighted by Crippen LogP contribution is -2.24. The molecule has 0 fully saturated rings. The number of nitrogens with zero attached hydrogens (tertiary/aromatic N) is 1. The monoisotopic (exact) mass is 758 g/mol. The fourth-order valence-corrected chi connectivity index (χ4v) is 11.1. The highest BCUT2D eigenvalue weighted by Gasteiger charge is 2.42. The molecule has 0 saturated carbocycles. The predicted molar refractivity (Wildman–Crippen MR) is 249 cm³/mol. The van der Waals surface area contributed by atoms with Gasteiger partial charge in [-0.25, -0.2) is 0 Å². The average molecular weight is 759 g/mol. The van der Waals surface area contributed by atoms with Crippen LogP contribution in [0.2, 0.25) is 6.55 Å². The molecule has 0 amide bonds. The van der Waals surface area contributed by atoms with Gasteiger partial charge >= 0.3 is 0 Å². The van der Waals surface area contributed by atoms with Crippen molar-refractivity contribution in [1.29, 1.82) is 0 Å². The molecule has 0 radical (unpaired) electrons. The van der Waals surface area contributed by atoms with Crippen molar-refractivity contribution in [2.75, 3.05) is 11.4 Å². The molecule has 6 aromatic rings.